The lowest BCUT2D eigenvalue weighted by atomic mass is 10.1. The molecule has 1 fully saturated rings. The first-order valence-corrected chi connectivity index (χ1v) is 5.11. The Bertz CT molecular complexity index is 252. The normalized spacial score (nSPS) is 21.8. The molecule has 0 aromatic carbocycles. The van der Waals surface area contributed by atoms with Crippen LogP contribution in [0.2, 0.25) is 0 Å². The molecule has 13 heavy (non-hydrogen) atoms. The smallest absolute Gasteiger partial charge is 0.230 e. The molecule has 0 spiro atoms. The van der Waals surface area contributed by atoms with Crippen molar-refractivity contribution in [2.45, 2.75) is 19.8 Å². The molecule has 1 rings (SSSR count). The summed E-state index contributed by atoms with van der Waals surface area (Å²) >= 11 is 1.19. The van der Waals surface area contributed by atoms with Crippen LogP contribution in [0.15, 0.2) is 0 Å². The quantitative estimate of drug-likeness (QED) is 0.668. The van der Waals surface area contributed by atoms with Crippen molar-refractivity contribution in [2.75, 3.05) is 5.75 Å². The van der Waals surface area contributed by atoms with Crippen molar-refractivity contribution < 1.29 is 14.4 Å². The van der Waals surface area contributed by atoms with Gasteiger partial charge in [0, 0.05) is 12.8 Å². The van der Waals surface area contributed by atoms with Crippen LogP contribution in [-0.2, 0) is 14.4 Å². The molecule has 0 aliphatic carbocycles. The van der Waals surface area contributed by atoms with Crippen LogP contribution in [0.3, 0.4) is 0 Å². The molecule has 0 bridgehead atoms. The van der Waals surface area contributed by atoms with Gasteiger partial charge in [-0.2, -0.15) is 0 Å². The van der Waals surface area contributed by atoms with E-state index >= 15 is 0 Å². The van der Waals surface area contributed by atoms with Crippen molar-refractivity contribution in [3.63, 3.8) is 0 Å². The van der Waals surface area contributed by atoms with E-state index in [0.717, 1.165) is 0 Å². The first-order chi connectivity index (χ1) is 6.13. The minimum Gasteiger partial charge on any atom is -0.296 e. The van der Waals surface area contributed by atoms with E-state index in [9.17, 15) is 14.4 Å². The highest BCUT2D eigenvalue weighted by Crippen LogP contribution is 2.18. The van der Waals surface area contributed by atoms with Gasteiger partial charge in [-0.3, -0.25) is 19.7 Å². The largest absolute Gasteiger partial charge is 0.296 e. The summed E-state index contributed by atoms with van der Waals surface area (Å²) in [5, 5.41) is 2.16. The van der Waals surface area contributed by atoms with Gasteiger partial charge in [-0.25, -0.2) is 0 Å². The second-order valence-electron chi connectivity index (χ2n) is 2.82. The van der Waals surface area contributed by atoms with Crippen LogP contribution in [0, 0.1) is 5.92 Å². The number of hydrogen-bond acceptors (Lipinski definition) is 4. The van der Waals surface area contributed by atoms with Gasteiger partial charge in [0.25, 0.3) is 0 Å². The highest BCUT2D eigenvalue weighted by molar-refractivity contribution is 8.13. The Morgan fingerprint density at radius 1 is 1.62 bits per heavy atom. The molecule has 0 radical (unpaired) electrons. The fraction of sp³-hybridized carbons (Fsp3) is 0.625. The summed E-state index contributed by atoms with van der Waals surface area (Å²) in [5.41, 5.74) is 0. The van der Waals surface area contributed by atoms with Crippen LogP contribution in [0.4, 0.5) is 0 Å². The maximum absolute atomic E-state index is 11.1. The summed E-state index contributed by atoms with van der Waals surface area (Å²) in [6, 6.07) is 0. The minimum absolute atomic E-state index is 0.0163. The van der Waals surface area contributed by atoms with Crippen molar-refractivity contribution in [3.8, 4) is 0 Å². The van der Waals surface area contributed by atoms with E-state index in [2.05, 4.69) is 5.32 Å². The van der Waals surface area contributed by atoms with E-state index < -0.39 is 5.92 Å². The lowest BCUT2D eigenvalue weighted by molar-refractivity contribution is -0.127. The molecule has 1 aliphatic heterocycles. The highest BCUT2D eigenvalue weighted by Gasteiger charge is 2.31. The molecule has 4 nitrogen and oxygen atoms in total. The Balaban J connectivity index is 2.41. The molecule has 1 N–H and O–H groups in total. The van der Waals surface area contributed by atoms with Crippen LogP contribution < -0.4 is 5.32 Å². The Hall–Kier alpha value is -0.840. The lowest BCUT2D eigenvalue weighted by Gasteiger charge is -2.02. The third kappa shape index (κ3) is 2.84. The van der Waals surface area contributed by atoms with E-state index in [-0.39, 0.29) is 29.8 Å². The Morgan fingerprint density at radius 3 is 2.77 bits per heavy atom. The number of carbonyl (C=O) groups is 3. The molecule has 0 aromatic heterocycles. The molecule has 1 unspecified atom stereocenters. The lowest BCUT2D eigenvalue weighted by Crippen LogP contribution is -2.22. The minimum atomic E-state index is -0.431. The van der Waals surface area contributed by atoms with E-state index in [1.54, 1.807) is 0 Å². The number of rotatable bonds is 3. The molecule has 1 aliphatic rings. The third-order valence-corrected chi connectivity index (χ3v) is 2.56. The maximum atomic E-state index is 11.1. The molecule has 5 heteroatoms. The summed E-state index contributed by atoms with van der Waals surface area (Å²) in [6.45, 7) is 1.88. The molecule has 1 atom stereocenters. The van der Waals surface area contributed by atoms with Crippen LogP contribution in [0.5, 0.6) is 0 Å². The summed E-state index contributed by atoms with van der Waals surface area (Å²) in [6.07, 6.45) is 0.338. The van der Waals surface area contributed by atoms with Crippen molar-refractivity contribution in [3.05, 3.63) is 0 Å². The predicted octanol–water partition coefficient (Wildman–Crippen LogP) is 0.319. The first-order valence-electron chi connectivity index (χ1n) is 4.12. The van der Waals surface area contributed by atoms with Crippen LogP contribution in [0.25, 0.3) is 0 Å². The fourth-order valence-corrected chi connectivity index (χ4v) is 1.83. The Labute approximate surface area is 80.4 Å². The van der Waals surface area contributed by atoms with Gasteiger partial charge >= 0.3 is 0 Å². The van der Waals surface area contributed by atoms with Gasteiger partial charge in [0.15, 0.2) is 5.12 Å². The van der Waals surface area contributed by atoms with Gasteiger partial charge < -0.3 is 0 Å². The predicted molar refractivity (Wildman–Crippen MR) is 49.0 cm³/mol. The second kappa shape index (κ2) is 4.41. The number of imide groups is 1. The summed E-state index contributed by atoms with van der Waals surface area (Å²) in [4.78, 5) is 32.9. The van der Waals surface area contributed by atoms with Crippen LogP contribution in [0.1, 0.15) is 19.8 Å². The number of hydrogen-bond donors (Lipinski definition) is 1. The Morgan fingerprint density at radius 2 is 2.31 bits per heavy atom. The van der Waals surface area contributed by atoms with Gasteiger partial charge in [-0.1, -0.05) is 18.7 Å². The summed E-state index contributed by atoms with van der Waals surface area (Å²) in [7, 11) is 0. The monoisotopic (exact) mass is 201 g/mol. The van der Waals surface area contributed by atoms with Crippen molar-refractivity contribution >= 4 is 28.7 Å². The molecular formula is C8H11NO3S. The van der Waals surface area contributed by atoms with Crippen LogP contribution >= 0.6 is 11.8 Å². The number of thioether (sulfide) groups is 1. The van der Waals surface area contributed by atoms with Gasteiger partial charge in [0.1, 0.15) is 0 Å². The molecule has 0 aromatic rings. The average molecular weight is 201 g/mol. The molecule has 2 amide bonds. The molecule has 1 saturated heterocycles. The number of amides is 2. The van der Waals surface area contributed by atoms with Crippen molar-refractivity contribution in [1.82, 2.24) is 5.32 Å². The third-order valence-electron chi connectivity index (χ3n) is 1.78. The van der Waals surface area contributed by atoms with Crippen molar-refractivity contribution in [1.29, 1.82) is 0 Å². The van der Waals surface area contributed by atoms with Gasteiger partial charge in [-0.05, 0) is 5.75 Å². The topological polar surface area (TPSA) is 63.2 Å². The van der Waals surface area contributed by atoms with E-state index in [0.29, 0.717) is 5.75 Å². The standard InChI is InChI=1S/C8H11NO3S/c1-2-13-7(11)4-5-3-6(10)9-8(5)12/h5H,2-4H2,1H3,(H,9,10,12). The van der Waals surface area contributed by atoms with Gasteiger partial charge in [0.2, 0.25) is 11.8 Å². The molecule has 1 heterocycles. The summed E-state index contributed by atoms with van der Waals surface area (Å²) in [5.74, 6) is -0.306. The molecular weight excluding hydrogens is 190 g/mol. The number of carbonyl (C=O) groups excluding carboxylic acids is 3. The zero-order valence-corrected chi connectivity index (χ0v) is 8.15. The zero-order valence-electron chi connectivity index (χ0n) is 7.33. The molecule has 0 saturated carbocycles. The molecule has 72 valence electrons. The summed E-state index contributed by atoms with van der Waals surface area (Å²) < 4.78 is 0. The van der Waals surface area contributed by atoms with E-state index in [1.165, 1.54) is 11.8 Å². The van der Waals surface area contributed by atoms with E-state index in [4.69, 9.17) is 0 Å². The first kappa shape index (κ1) is 10.2. The van der Waals surface area contributed by atoms with Crippen molar-refractivity contribution in [2.24, 2.45) is 5.92 Å². The zero-order chi connectivity index (χ0) is 9.84. The average Bonchev–Trinajstić information content (AvgIpc) is 2.30. The SMILES string of the molecule is CCSC(=O)CC1CC(=O)NC1=O. The van der Waals surface area contributed by atoms with Gasteiger partial charge in [-0.15, -0.1) is 0 Å². The van der Waals surface area contributed by atoms with Gasteiger partial charge in [0.05, 0.1) is 5.92 Å². The van der Waals surface area contributed by atoms with Crippen LogP contribution in [-0.4, -0.2) is 22.7 Å². The second-order valence-corrected chi connectivity index (χ2v) is 4.14. The fourth-order valence-electron chi connectivity index (χ4n) is 1.19. The maximum Gasteiger partial charge on any atom is 0.230 e. The number of nitrogens with one attached hydrogen (secondary N) is 1. The highest BCUT2D eigenvalue weighted by atomic mass is 32.2. The Kier molecular flexibility index (Phi) is 3.48. The van der Waals surface area contributed by atoms with E-state index in [1.807, 2.05) is 6.92 Å².